The molecule has 1 saturated carbocycles. The van der Waals surface area contributed by atoms with Gasteiger partial charge in [0, 0.05) is 16.9 Å². The molecule has 3 amide bonds. The fourth-order valence-corrected chi connectivity index (χ4v) is 5.09. The van der Waals surface area contributed by atoms with E-state index in [1.165, 1.54) is 35.8 Å². The second kappa shape index (κ2) is 12.7. The van der Waals surface area contributed by atoms with Crippen molar-refractivity contribution in [3.63, 3.8) is 0 Å². The van der Waals surface area contributed by atoms with Crippen molar-refractivity contribution in [3.8, 4) is 6.07 Å². The third-order valence-corrected chi connectivity index (χ3v) is 7.29. The smallest absolute Gasteiger partial charge is 0.307 e. The standard InChI is InChI=1S/C30H27F3N8O2/c31-30(32,33)24-14-20(17-34)15-25(16-24)35-29(43)41(26-12-10-22(11-13-26)21-4-2-1-3-5-21)18-19-6-8-23(9-7-19)27(42)36-28-37-39-40-38-28/h6-16,21H,1-5,18H2,(H,35,43)(H2,36,37,38,39,40,42). The van der Waals surface area contributed by atoms with Gasteiger partial charge in [0.1, 0.15) is 0 Å². The summed E-state index contributed by atoms with van der Waals surface area (Å²) in [6.07, 6.45) is 1.08. The molecule has 1 aliphatic rings. The van der Waals surface area contributed by atoms with Crippen LogP contribution in [0.2, 0.25) is 0 Å². The van der Waals surface area contributed by atoms with Gasteiger partial charge in [0.05, 0.1) is 23.7 Å². The Bertz CT molecular complexity index is 1610. The zero-order valence-corrected chi connectivity index (χ0v) is 22.9. The van der Waals surface area contributed by atoms with Crippen molar-refractivity contribution in [3.05, 3.63) is 94.5 Å². The molecular formula is C30H27F3N8O2. The molecule has 0 radical (unpaired) electrons. The predicted molar refractivity (Wildman–Crippen MR) is 152 cm³/mol. The highest BCUT2D eigenvalue weighted by atomic mass is 19.4. The van der Waals surface area contributed by atoms with E-state index in [-0.39, 0.29) is 23.7 Å². The monoisotopic (exact) mass is 588 g/mol. The van der Waals surface area contributed by atoms with Gasteiger partial charge >= 0.3 is 12.2 Å². The topological polar surface area (TPSA) is 140 Å². The first-order valence-electron chi connectivity index (χ1n) is 13.6. The minimum absolute atomic E-state index is 0.0164. The van der Waals surface area contributed by atoms with Crippen LogP contribution in [0.25, 0.3) is 0 Å². The van der Waals surface area contributed by atoms with Gasteiger partial charge in [-0.25, -0.2) is 4.79 Å². The molecule has 1 aliphatic carbocycles. The summed E-state index contributed by atoms with van der Waals surface area (Å²) in [6, 6.07) is 17.8. The third-order valence-electron chi connectivity index (χ3n) is 7.29. The highest BCUT2D eigenvalue weighted by molar-refractivity contribution is 6.03. The minimum atomic E-state index is -4.70. The lowest BCUT2D eigenvalue weighted by Gasteiger charge is -2.26. The van der Waals surface area contributed by atoms with E-state index in [1.54, 1.807) is 30.3 Å². The number of rotatable bonds is 7. The fraction of sp³-hybridized carbons (Fsp3) is 0.267. The van der Waals surface area contributed by atoms with Crippen molar-refractivity contribution >= 4 is 29.3 Å². The van der Waals surface area contributed by atoms with Gasteiger partial charge in [-0.3, -0.25) is 15.0 Å². The summed E-state index contributed by atoms with van der Waals surface area (Å²) in [4.78, 5) is 27.5. The number of carbonyl (C=O) groups is 2. The molecule has 1 heterocycles. The summed E-state index contributed by atoms with van der Waals surface area (Å²) >= 11 is 0. The number of nitriles is 1. The van der Waals surface area contributed by atoms with Crippen molar-refractivity contribution in [2.45, 2.75) is 50.7 Å². The normalized spacial score (nSPS) is 13.6. The summed E-state index contributed by atoms with van der Waals surface area (Å²) in [6.45, 7) is 0.0470. The minimum Gasteiger partial charge on any atom is -0.307 e. The molecule has 43 heavy (non-hydrogen) atoms. The van der Waals surface area contributed by atoms with Crippen molar-refractivity contribution in [1.29, 1.82) is 5.26 Å². The zero-order chi connectivity index (χ0) is 30.4. The van der Waals surface area contributed by atoms with Gasteiger partial charge in [-0.15, -0.1) is 5.10 Å². The van der Waals surface area contributed by atoms with Crippen molar-refractivity contribution in [1.82, 2.24) is 20.6 Å². The van der Waals surface area contributed by atoms with Gasteiger partial charge in [0.2, 0.25) is 0 Å². The zero-order valence-electron chi connectivity index (χ0n) is 22.9. The number of aromatic amines is 1. The largest absolute Gasteiger partial charge is 0.416 e. The number of anilines is 3. The molecule has 1 aromatic heterocycles. The molecule has 0 saturated heterocycles. The Morgan fingerprint density at radius 3 is 2.33 bits per heavy atom. The number of nitrogens with zero attached hydrogens (tertiary/aromatic N) is 5. The Kier molecular flexibility index (Phi) is 8.66. The van der Waals surface area contributed by atoms with Crippen molar-refractivity contribution in [2.24, 2.45) is 0 Å². The fourth-order valence-electron chi connectivity index (χ4n) is 5.09. The second-order valence-corrected chi connectivity index (χ2v) is 10.2. The number of aromatic nitrogens is 4. The van der Waals surface area contributed by atoms with Crippen LogP contribution < -0.4 is 15.5 Å². The number of urea groups is 1. The summed E-state index contributed by atoms with van der Waals surface area (Å²) in [5.74, 6) is 0.00664. The quantitative estimate of drug-likeness (QED) is 0.221. The molecule has 3 aromatic carbocycles. The van der Waals surface area contributed by atoms with Gasteiger partial charge in [0.25, 0.3) is 11.9 Å². The average Bonchev–Trinajstić information content (AvgIpc) is 3.53. The van der Waals surface area contributed by atoms with Crippen LogP contribution in [0.1, 0.15) is 70.6 Å². The first kappa shape index (κ1) is 29.2. The van der Waals surface area contributed by atoms with Crippen LogP contribution in [-0.4, -0.2) is 32.6 Å². The van der Waals surface area contributed by atoms with E-state index < -0.39 is 23.7 Å². The van der Waals surface area contributed by atoms with Crippen LogP contribution in [0.15, 0.2) is 66.7 Å². The Morgan fingerprint density at radius 1 is 0.977 bits per heavy atom. The Labute approximate surface area is 244 Å². The number of hydrogen-bond donors (Lipinski definition) is 3. The lowest BCUT2D eigenvalue weighted by Crippen LogP contribution is -2.34. The van der Waals surface area contributed by atoms with E-state index in [0.29, 0.717) is 22.7 Å². The predicted octanol–water partition coefficient (Wildman–Crippen LogP) is 6.63. The number of tetrazole rings is 1. The van der Waals surface area contributed by atoms with E-state index in [1.807, 2.05) is 24.3 Å². The number of carbonyl (C=O) groups excluding carboxylic acids is 2. The molecule has 220 valence electrons. The molecule has 0 bridgehead atoms. The number of H-pyrrole nitrogens is 1. The summed E-state index contributed by atoms with van der Waals surface area (Å²) in [7, 11) is 0. The molecule has 4 aromatic rings. The molecule has 0 unspecified atom stereocenters. The molecular weight excluding hydrogens is 561 g/mol. The lowest BCUT2D eigenvalue weighted by molar-refractivity contribution is -0.137. The third kappa shape index (κ3) is 7.34. The molecule has 1 fully saturated rings. The maximum absolute atomic E-state index is 13.6. The number of amides is 3. The van der Waals surface area contributed by atoms with Crippen LogP contribution in [0.3, 0.4) is 0 Å². The van der Waals surface area contributed by atoms with Crippen molar-refractivity contribution < 1.29 is 22.8 Å². The Morgan fingerprint density at radius 2 is 1.70 bits per heavy atom. The van der Waals surface area contributed by atoms with Crippen LogP contribution >= 0.6 is 0 Å². The van der Waals surface area contributed by atoms with E-state index in [2.05, 4.69) is 31.3 Å². The van der Waals surface area contributed by atoms with Gasteiger partial charge in [-0.2, -0.15) is 23.6 Å². The number of halogens is 3. The summed E-state index contributed by atoms with van der Waals surface area (Å²) in [5.41, 5.74) is 1.25. The molecule has 0 aliphatic heterocycles. The van der Waals surface area contributed by atoms with Crippen LogP contribution in [0.5, 0.6) is 0 Å². The van der Waals surface area contributed by atoms with Crippen LogP contribution in [-0.2, 0) is 12.7 Å². The van der Waals surface area contributed by atoms with E-state index >= 15 is 0 Å². The SMILES string of the molecule is N#Cc1cc(NC(=O)N(Cc2ccc(C(=O)Nc3nn[nH]n3)cc2)c2ccc(C3CCCCC3)cc2)cc(C(F)(F)F)c1. The lowest BCUT2D eigenvalue weighted by atomic mass is 9.84. The Hall–Kier alpha value is -5.25. The number of hydrogen-bond acceptors (Lipinski definition) is 6. The Balaban J connectivity index is 1.40. The number of benzene rings is 3. The molecule has 0 atom stereocenters. The first-order valence-corrected chi connectivity index (χ1v) is 13.6. The maximum atomic E-state index is 13.6. The highest BCUT2D eigenvalue weighted by Gasteiger charge is 2.31. The first-order chi connectivity index (χ1) is 20.7. The highest BCUT2D eigenvalue weighted by Crippen LogP contribution is 2.34. The summed E-state index contributed by atoms with van der Waals surface area (Å²) < 4.78 is 40.3. The van der Waals surface area contributed by atoms with Gasteiger partial charge in [-0.05, 0) is 77.6 Å². The molecule has 10 nitrogen and oxygen atoms in total. The molecule has 3 N–H and O–H groups in total. The van der Waals surface area contributed by atoms with Gasteiger partial charge < -0.3 is 5.32 Å². The van der Waals surface area contributed by atoms with Crippen LogP contribution in [0, 0.1) is 11.3 Å². The van der Waals surface area contributed by atoms with Gasteiger partial charge in [-0.1, -0.05) is 48.6 Å². The molecule has 13 heteroatoms. The van der Waals surface area contributed by atoms with Crippen molar-refractivity contribution in [2.75, 3.05) is 15.5 Å². The number of nitrogens with one attached hydrogen (secondary N) is 3. The van der Waals surface area contributed by atoms with E-state index in [0.717, 1.165) is 25.0 Å². The van der Waals surface area contributed by atoms with Gasteiger partial charge in [0.15, 0.2) is 0 Å². The molecule has 0 spiro atoms. The van der Waals surface area contributed by atoms with E-state index in [9.17, 15) is 28.0 Å². The molecule has 5 rings (SSSR count). The maximum Gasteiger partial charge on any atom is 0.416 e. The summed E-state index contributed by atoms with van der Waals surface area (Å²) in [5, 5.41) is 27.3. The van der Waals surface area contributed by atoms with Crippen LogP contribution in [0.4, 0.5) is 35.3 Å². The van der Waals surface area contributed by atoms with E-state index in [4.69, 9.17) is 0 Å². The average molecular weight is 589 g/mol. The second-order valence-electron chi connectivity index (χ2n) is 10.2. The number of alkyl halides is 3.